The molecule has 20 heavy (non-hydrogen) atoms. The van der Waals surface area contributed by atoms with Crippen molar-refractivity contribution in [2.45, 2.75) is 58.9 Å². The predicted octanol–water partition coefficient (Wildman–Crippen LogP) is 3.27. The highest BCUT2D eigenvalue weighted by atomic mass is 16.2. The third-order valence-electron chi connectivity index (χ3n) is 4.79. The molecule has 0 radical (unpaired) electrons. The standard InChI is InChI=1S/C17H26N2O/c1-4-12-8-6-9-13(5-2)15(12)19-16(20)17(3)11-7-10-14(17)18/h6,8-9,14H,4-5,7,10-11,18H2,1-3H3,(H,19,20). The molecule has 1 aromatic carbocycles. The highest BCUT2D eigenvalue weighted by molar-refractivity contribution is 5.97. The highest BCUT2D eigenvalue weighted by Crippen LogP contribution is 2.38. The van der Waals surface area contributed by atoms with Crippen LogP contribution in [0.25, 0.3) is 0 Å². The van der Waals surface area contributed by atoms with Crippen molar-refractivity contribution in [2.24, 2.45) is 11.1 Å². The van der Waals surface area contributed by atoms with Gasteiger partial charge in [-0.1, -0.05) is 38.5 Å². The number of rotatable bonds is 4. The maximum absolute atomic E-state index is 12.7. The van der Waals surface area contributed by atoms with Gasteiger partial charge in [0.1, 0.15) is 0 Å². The summed E-state index contributed by atoms with van der Waals surface area (Å²) in [6.07, 6.45) is 4.72. The quantitative estimate of drug-likeness (QED) is 0.885. The molecule has 0 bridgehead atoms. The average Bonchev–Trinajstić information content (AvgIpc) is 2.80. The summed E-state index contributed by atoms with van der Waals surface area (Å²) in [6.45, 7) is 6.24. The molecule has 1 aliphatic carbocycles. The number of nitrogens with one attached hydrogen (secondary N) is 1. The Morgan fingerprint density at radius 2 is 1.95 bits per heavy atom. The monoisotopic (exact) mass is 274 g/mol. The van der Waals surface area contributed by atoms with Gasteiger partial charge in [-0.3, -0.25) is 4.79 Å². The maximum Gasteiger partial charge on any atom is 0.231 e. The van der Waals surface area contributed by atoms with Gasteiger partial charge in [0.05, 0.1) is 5.41 Å². The molecule has 110 valence electrons. The molecule has 0 aliphatic heterocycles. The first kappa shape index (κ1) is 15.0. The largest absolute Gasteiger partial charge is 0.327 e. The van der Waals surface area contributed by atoms with Crippen LogP contribution in [0.2, 0.25) is 0 Å². The molecule has 2 atom stereocenters. The minimum atomic E-state index is -0.425. The second kappa shape index (κ2) is 5.96. The van der Waals surface area contributed by atoms with Crippen molar-refractivity contribution < 1.29 is 4.79 Å². The fraction of sp³-hybridized carbons (Fsp3) is 0.588. The summed E-state index contributed by atoms with van der Waals surface area (Å²) < 4.78 is 0. The van der Waals surface area contributed by atoms with E-state index in [1.54, 1.807) is 0 Å². The number of hydrogen-bond donors (Lipinski definition) is 2. The Labute approximate surface area is 121 Å². The van der Waals surface area contributed by atoms with Crippen LogP contribution in [0.4, 0.5) is 5.69 Å². The zero-order chi connectivity index (χ0) is 14.8. The Bertz CT molecular complexity index is 476. The smallest absolute Gasteiger partial charge is 0.231 e. The van der Waals surface area contributed by atoms with Gasteiger partial charge < -0.3 is 11.1 Å². The summed E-state index contributed by atoms with van der Waals surface area (Å²) in [4.78, 5) is 12.7. The third kappa shape index (κ3) is 2.59. The van der Waals surface area contributed by atoms with Crippen LogP contribution in [-0.2, 0) is 17.6 Å². The molecule has 1 aromatic rings. The molecule has 0 saturated heterocycles. The van der Waals surface area contributed by atoms with E-state index < -0.39 is 5.41 Å². The number of carbonyl (C=O) groups excluding carboxylic acids is 1. The SMILES string of the molecule is CCc1cccc(CC)c1NC(=O)C1(C)CCCC1N. The number of hydrogen-bond acceptors (Lipinski definition) is 2. The van der Waals surface area contributed by atoms with Gasteiger partial charge in [-0.2, -0.15) is 0 Å². The van der Waals surface area contributed by atoms with Crippen molar-refractivity contribution in [1.82, 2.24) is 0 Å². The molecular formula is C17H26N2O. The minimum absolute atomic E-state index is 0.0265. The summed E-state index contributed by atoms with van der Waals surface area (Å²) in [5.74, 6) is 0.0816. The lowest BCUT2D eigenvalue weighted by molar-refractivity contribution is -0.125. The van der Waals surface area contributed by atoms with Gasteiger partial charge in [0.15, 0.2) is 0 Å². The molecule has 0 heterocycles. The molecule has 0 aromatic heterocycles. The Morgan fingerprint density at radius 3 is 2.40 bits per heavy atom. The van der Waals surface area contributed by atoms with Crippen LogP contribution >= 0.6 is 0 Å². The lowest BCUT2D eigenvalue weighted by atomic mass is 9.84. The van der Waals surface area contributed by atoms with Crippen molar-refractivity contribution in [3.8, 4) is 0 Å². The lowest BCUT2D eigenvalue weighted by Gasteiger charge is -2.28. The number of aryl methyl sites for hydroxylation is 2. The first-order valence-corrected chi connectivity index (χ1v) is 7.70. The van der Waals surface area contributed by atoms with E-state index in [1.807, 2.05) is 6.92 Å². The number of para-hydroxylation sites is 1. The Hall–Kier alpha value is -1.35. The van der Waals surface area contributed by atoms with Crippen LogP contribution in [0.15, 0.2) is 18.2 Å². The molecule has 1 fully saturated rings. The average molecular weight is 274 g/mol. The van der Waals surface area contributed by atoms with Gasteiger partial charge in [0, 0.05) is 11.7 Å². The molecule has 3 heteroatoms. The molecular weight excluding hydrogens is 248 g/mol. The first-order chi connectivity index (χ1) is 9.52. The van der Waals surface area contributed by atoms with Crippen LogP contribution in [0.5, 0.6) is 0 Å². The van der Waals surface area contributed by atoms with Crippen molar-refractivity contribution in [1.29, 1.82) is 0 Å². The van der Waals surface area contributed by atoms with Gasteiger partial charge in [0.2, 0.25) is 5.91 Å². The topological polar surface area (TPSA) is 55.1 Å². The van der Waals surface area contributed by atoms with E-state index in [0.29, 0.717) is 0 Å². The number of amides is 1. The lowest BCUT2D eigenvalue weighted by Crippen LogP contribution is -2.44. The summed E-state index contributed by atoms with van der Waals surface area (Å²) in [7, 11) is 0. The van der Waals surface area contributed by atoms with Crippen LogP contribution in [0, 0.1) is 5.41 Å². The second-order valence-corrected chi connectivity index (χ2v) is 6.03. The molecule has 1 saturated carbocycles. The van der Waals surface area contributed by atoms with Gasteiger partial charge in [-0.25, -0.2) is 0 Å². The van der Waals surface area contributed by atoms with Crippen molar-refractivity contribution in [3.63, 3.8) is 0 Å². The van der Waals surface area contributed by atoms with Crippen molar-refractivity contribution in [3.05, 3.63) is 29.3 Å². The van der Waals surface area contributed by atoms with Crippen LogP contribution in [0.3, 0.4) is 0 Å². The summed E-state index contributed by atoms with van der Waals surface area (Å²) in [5, 5.41) is 3.17. The Kier molecular flexibility index (Phi) is 4.48. The highest BCUT2D eigenvalue weighted by Gasteiger charge is 2.43. The normalized spacial score (nSPS) is 25.7. The number of benzene rings is 1. The third-order valence-corrected chi connectivity index (χ3v) is 4.79. The van der Waals surface area contributed by atoms with E-state index in [9.17, 15) is 4.79 Å². The fourth-order valence-corrected chi connectivity index (χ4v) is 3.13. The molecule has 1 amide bonds. The summed E-state index contributed by atoms with van der Waals surface area (Å²) >= 11 is 0. The van der Waals surface area contributed by atoms with Crippen LogP contribution < -0.4 is 11.1 Å². The van der Waals surface area contributed by atoms with Crippen molar-refractivity contribution in [2.75, 3.05) is 5.32 Å². The molecule has 3 nitrogen and oxygen atoms in total. The minimum Gasteiger partial charge on any atom is -0.327 e. The van der Waals surface area contributed by atoms with E-state index in [1.165, 1.54) is 11.1 Å². The maximum atomic E-state index is 12.7. The van der Waals surface area contributed by atoms with Gasteiger partial charge in [0.25, 0.3) is 0 Å². The number of carbonyl (C=O) groups is 1. The number of anilines is 1. The zero-order valence-corrected chi connectivity index (χ0v) is 12.8. The number of nitrogens with two attached hydrogens (primary N) is 1. The van der Waals surface area contributed by atoms with Gasteiger partial charge >= 0.3 is 0 Å². The van der Waals surface area contributed by atoms with E-state index >= 15 is 0 Å². The van der Waals surface area contributed by atoms with E-state index in [0.717, 1.165) is 37.8 Å². The first-order valence-electron chi connectivity index (χ1n) is 7.70. The van der Waals surface area contributed by atoms with E-state index in [4.69, 9.17) is 5.73 Å². The van der Waals surface area contributed by atoms with Crippen molar-refractivity contribution >= 4 is 11.6 Å². The zero-order valence-electron chi connectivity index (χ0n) is 12.8. The van der Waals surface area contributed by atoms with Gasteiger partial charge in [-0.05, 0) is 43.7 Å². The van der Waals surface area contributed by atoms with Gasteiger partial charge in [-0.15, -0.1) is 0 Å². The van der Waals surface area contributed by atoms with Crippen LogP contribution in [-0.4, -0.2) is 11.9 Å². The molecule has 0 spiro atoms. The predicted molar refractivity (Wildman–Crippen MR) is 83.8 cm³/mol. The fourth-order valence-electron chi connectivity index (χ4n) is 3.13. The molecule has 2 rings (SSSR count). The van der Waals surface area contributed by atoms with Crippen LogP contribution in [0.1, 0.15) is 51.2 Å². The van der Waals surface area contributed by atoms with E-state index in [2.05, 4.69) is 37.4 Å². The Morgan fingerprint density at radius 1 is 1.35 bits per heavy atom. The Balaban J connectivity index is 2.28. The van der Waals surface area contributed by atoms with E-state index in [-0.39, 0.29) is 11.9 Å². The summed E-state index contributed by atoms with van der Waals surface area (Å²) in [6, 6.07) is 6.22. The second-order valence-electron chi connectivity index (χ2n) is 6.03. The molecule has 3 N–H and O–H groups in total. The molecule has 1 aliphatic rings. The summed E-state index contributed by atoms with van der Waals surface area (Å²) in [5.41, 5.74) is 9.13. The molecule has 2 unspecified atom stereocenters.